The third-order valence-corrected chi connectivity index (χ3v) is 5.66. The quantitative estimate of drug-likeness (QED) is 0.794. The van der Waals surface area contributed by atoms with Gasteiger partial charge in [0.15, 0.2) is 0 Å². The van der Waals surface area contributed by atoms with Crippen molar-refractivity contribution in [3.8, 4) is 0 Å². The third-order valence-electron chi connectivity index (χ3n) is 4.51. The van der Waals surface area contributed by atoms with Crippen LogP contribution in [0, 0.1) is 0 Å². The molecule has 0 saturated carbocycles. The van der Waals surface area contributed by atoms with Gasteiger partial charge in [0.05, 0.1) is 11.3 Å². The summed E-state index contributed by atoms with van der Waals surface area (Å²) in [5, 5.41) is 9.25. The van der Waals surface area contributed by atoms with Gasteiger partial charge in [0, 0.05) is 27.9 Å². The monoisotopic (exact) mass is 353 g/mol. The summed E-state index contributed by atoms with van der Waals surface area (Å²) in [6.45, 7) is 1.64. The van der Waals surface area contributed by atoms with E-state index in [9.17, 15) is 9.59 Å². The number of anilines is 1. The van der Waals surface area contributed by atoms with Crippen molar-refractivity contribution in [3.63, 3.8) is 0 Å². The minimum Gasteiger partial charge on any atom is -0.350 e. The first-order chi connectivity index (χ1) is 12.2. The van der Waals surface area contributed by atoms with Crippen molar-refractivity contribution < 1.29 is 9.59 Å². The van der Waals surface area contributed by atoms with Crippen molar-refractivity contribution in [3.05, 3.63) is 53.6 Å². The third kappa shape index (κ3) is 3.41. The maximum atomic E-state index is 12.4. The SMILES string of the molecule is O=C(NC[C@H]1CCCN1)c1ccc2c(c1)NC(=O)c1ccccc1S2. The van der Waals surface area contributed by atoms with E-state index in [0.29, 0.717) is 29.4 Å². The van der Waals surface area contributed by atoms with Gasteiger partial charge in [-0.2, -0.15) is 0 Å². The summed E-state index contributed by atoms with van der Waals surface area (Å²) in [4.78, 5) is 26.7. The average molecular weight is 353 g/mol. The normalized spacial score (nSPS) is 18.7. The van der Waals surface area contributed by atoms with Crippen molar-refractivity contribution in [2.45, 2.75) is 28.7 Å². The van der Waals surface area contributed by atoms with Crippen LogP contribution >= 0.6 is 11.8 Å². The van der Waals surface area contributed by atoms with Crippen LogP contribution in [0.3, 0.4) is 0 Å². The first-order valence-corrected chi connectivity index (χ1v) is 9.26. The van der Waals surface area contributed by atoms with Crippen LogP contribution in [0.25, 0.3) is 0 Å². The molecule has 0 aromatic heterocycles. The number of hydrogen-bond donors (Lipinski definition) is 3. The Hall–Kier alpha value is -2.31. The summed E-state index contributed by atoms with van der Waals surface area (Å²) in [6, 6.07) is 13.3. The molecule has 2 aromatic carbocycles. The Morgan fingerprint density at radius 3 is 2.92 bits per heavy atom. The fraction of sp³-hybridized carbons (Fsp3) is 0.263. The predicted octanol–water partition coefficient (Wildman–Crippen LogP) is 2.89. The Morgan fingerprint density at radius 1 is 1.20 bits per heavy atom. The van der Waals surface area contributed by atoms with E-state index in [1.165, 1.54) is 11.8 Å². The molecule has 5 nitrogen and oxygen atoms in total. The highest BCUT2D eigenvalue weighted by atomic mass is 32.2. The van der Waals surface area contributed by atoms with Gasteiger partial charge in [-0.05, 0) is 49.7 Å². The summed E-state index contributed by atoms with van der Waals surface area (Å²) < 4.78 is 0. The highest BCUT2D eigenvalue weighted by Crippen LogP contribution is 2.38. The molecular weight excluding hydrogens is 334 g/mol. The van der Waals surface area contributed by atoms with Crippen LogP contribution in [-0.4, -0.2) is 30.9 Å². The van der Waals surface area contributed by atoms with E-state index in [-0.39, 0.29) is 11.8 Å². The van der Waals surface area contributed by atoms with Gasteiger partial charge in [-0.25, -0.2) is 0 Å². The molecular formula is C19H19N3O2S. The first-order valence-electron chi connectivity index (χ1n) is 8.44. The maximum absolute atomic E-state index is 12.4. The molecule has 25 heavy (non-hydrogen) atoms. The van der Waals surface area contributed by atoms with Gasteiger partial charge in [-0.1, -0.05) is 23.9 Å². The van der Waals surface area contributed by atoms with Crippen LogP contribution in [0.15, 0.2) is 52.3 Å². The molecule has 0 spiro atoms. The lowest BCUT2D eigenvalue weighted by Crippen LogP contribution is -2.37. The number of hydrogen-bond acceptors (Lipinski definition) is 4. The lowest BCUT2D eigenvalue weighted by atomic mass is 10.1. The van der Waals surface area contributed by atoms with E-state index in [4.69, 9.17) is 0 Å². The number of nitrogens with one attached hydrogen (secondary N) is 3. The van der Waals surface area contributed by atoms with Crippen LogP contribution < -0.4 is 16.0 Å². The van der Waals surface area contributed by atoms with Gasteiger partial charge in [0.2, 0.25) is 0 Å². The smallest absolute Gasteiger partial charge is 0.256 e. The van der Waals surface area contributed by atoms with Gasteiger partial charge >= 0.3 is 0 Å². The van der Waals surface area contributed by atoms with Gasteiger partial charge in [0.1, 0.15) is 0 Å². The molecule has 2 heterocycles. The Bertz CT molecular complexity index is 831. The number of benzene rings is 2. The van der Waals surface area contributed by atoms with E-state index in [1.54, 1.807) is 6.07 Å². The zero-order chi connectivity index (χ0) is 17.2. The molecule has 0 radical (unpaired) electrons. The summed E-state index contributed by atoms with van der Waals surface area (Å²) in [7, 11) is 0. The summed E-state index contributed by atoms with van der Waals surface area (Å²) in [5.41, 5.74) is 1.89. The second-order valence-corrected chi connectivity index (χ2v) is 7.35. The maximum Gasteiger partial charge on any atom is 0.256 e. The molecule has 0 unspecified atom stereocenters. The second-order valence-electron chi connectivity index (χ2n) is 6.27. The summed E-state index contributed by atoms with van der Waals surface area (Å²) in [6.07, 6.45) is 2.25. The Kier molecular flexibility index (Phi) is 4.46. The zero-order valence-electron chi connectivity index (χ0n) is 13.7. The van der Waals surface area contributed by atoms with Crippen molar-refractivity contribution in [2.24, 2.45) is 0 Å². The van der Waals surface area contributed by atoms with Gasteiger partial charge in [-0.3, -0.25) is 9.59 Å². The van der Waals surface area contributed by atoms with Crippen molar-refractivity contribution >= 4 is 29.3 Å². The van der Waals surface area contributed by atoms with Gasteiger partial charge in [-0.15, -0.1) is 0 Å². The minimum atomic E-state index is -0.144. The molecule has 2 amide bonds. The molecule has 1 fully saturated rings. The van der Waals surface area contributed by atoms with E-state index < -0.39 is 0 Å². The van der Waals surface area contributed by atoms with Crippen molar-refractivity contribution in [1.82, 2.24) is 10.6 Å². The lowest BCUT2D eigenvalue weighted by Gasteiger charge is -2.13. The summed E-state index contributed by atoms with van der Waals surface area (Å²) >= 11 is 1.54. The second kappa shape index (κ2) is 6.90. The largest absolute Gasteiger partial charge is 0.350 e. The molecule has 1 atom stereocenters. The Labute approximate surface area is 150 Å². The number of carbonyl (C=O) groups excluding carboxylic acids is 2. The molecule has 128 valence electrons. The number of rotatable bonds is 3. The van der Waals surface area contributed by atoms with Crippen molar-refractivity contribution in [1.29, 1.82) is 0 Å². The fourth-order valence-electron chi connectivity index (χ4n) is 3.16. The topological polar surface area (TPSA) is 70.2 Å². The van der Waals surface area contributed by atoms with Crippen LogP contribution in [0.4, 0.5) is 5.69 Å². The van der Waals surface area contributed by atoms with Crippen LogP contribution in [0.5, 0.6) is 0 Å². The molecule has 0 aliphatic carbocycles. The molecule has 2 aromatic rings. The van der Waals surface area contributed by atoms with Crippen LogP contribution in [0.2, 0.25) is 0 Å². The molecule has 2 aliphatic heterocycles. The Balaban J connectivity index is 1.53. The minimum absolute atomic E-state index is 0.113. The zero-order valence-corrected chi connectivity index (χ0v) is 14.5. The number of amides is 2. The molecule has 3 N–H and O–H groups in total. The van der Waals surface area contributed by atoms with Gasteiger partial charge in [0.25, 0.3) is 11.8 Å². The predicted molar refractivity (Wildman–Crippen MR) is 98.3 cm³/mol. The molecule has 6 heteroatoms. The van der Waals surface area contributed by atoms with E-state index >= 15 is 0 Å². The lowest BCUT2D eigenvalue weighted by molar-refractivity contribution is 0.0949. The van der Waals surface area contributed by atoms with Gasteiger partial charge < -0.3 is 16.0 Å². The van der Waals surface area contributed by atoms with Crippen molar-refractivity contribution in [2.75, 3.05) is 18.4 Å². The fourth-order valence-corrected chi connectivity index (χ4v) is 4.17. The first kappa shape index (κ1) is 16.2. The molecule has 2 aliphatic rings. The highest BCUT2D eigenvalue weighted by molar-refractivity contribution is 7.99. The molecule has 1 saturated heterocycles. The van der Waals surface area contributed by atoms with E-state index in [1.807, 2.05) is 36.4 Å². The summed E-state index contributed by atoms with van der Waals surface area (Å²) in [5.74, 6) is -0.257. The van der Waals surface area contributed by atoms with Crippen LogP contribution in [0.1, 0.15) is 33.6 Å². The standard InChI is InChI=1S/C19H19N3O2S/c23-18(21-11-13-4-3-9-20-13)12-7-8-17-15(10-12)22-19(24)14-5-1-2-6-16(14)25-17/h1-2,5-8,10,13,20H,3-4,9,11H2,(H,21,23)(H,22,24)/t13-/m1/s1. The highest BCUT2D eigenvalue weighted by Gasteiger charge is 2.21. The molecule has 0 bridgehead atoms. The number of fused-ring (bicyclic) bond motifs is 2. The van der Waals surface area contributed by atoms with E-state index in [2.05, 4.69) is 16.0 Å². The molecule has 4 rings (SSSR count). The number of carbonyl (C=O) groups is 2. The Morgan fingerprint density at radius 2 is 2.08 bits per heavy atom. The van der Waals surface area contributed by atoms with Crippen LogP contribution in [-0.2, 0) is 0 Å². The van der Waals surface area contributed by atoms with E-state index in [0.717, 1.165) is 29.2 Å². The average Bonchev–Trinajstić information content (AvgIpc) is 3.10.